The third-order valence-corrected chi connectivity index (χ3v) is 2.53. The van der Waals surface area contributed by atoms with E-state index in [4.69, 9.17) is 4.74 Å². The number of aryl methyl sites for hydroxylation is 1. The highest BCUT2D eigenvalue weighted by molar-refractivity contribution is 5.70. The molecule has 0 radical (unpaired) electrons. The van der Waals surface area contributed by atoms with Crippen molar-refractivity contribution in [2.75, 3.05) is 0 Å². The van der Waals surface area contributed by atoms with Gasteiger partial charge in [0.2, 0.25) is 0 Å². The molecule has 0 bridgehead atoms. The van der Waals surface area contributed by atoms with Crippen LogP contribution in [0.4, 0.5) is 18.0 Å². The van der Waals surface area contributed by atoms with Crippen LogP contribution in [0.5, 0.6) is 0 Å². The summed E-state index contributed by atoms with van der Waals surface area (Å²) in [6, 6.07) is 0.500. The quantitative estimate of drug-likeness (QED) is 0.822. The number of cyclic esters (lactones) is 1. The number of hydrogen-bond acceptors (Lipinski definition) is 3. The van der Waals surface area contributed by atoms with Gasteiger partial charge in [0.1, 0.15) is 0 Å². The monoisotopic (exact) mass is 249 g/mol. The van der Waals surface area contributed by atoms with E-state index in [9.17, 15) is 18.0 Å². The molecule has 1 aromatic heterocycles. The summed E-state index contributed by atoms with van der Waals surface area (Å²) in [4.78, 5) is 11.0. The highest BCUT2D eigenvalue weighted by Crippen LogP contribution is 2.32. The van der Waals surface area contributed by atoms with Crippen LogP contribution in [0.15, 0.2) is 6.07 Å². The zero-order chi connectivity index (χ0) is 12.8. The van der Waals surface area contributed by atoms with E-state index in [2.05, 4.69) is 10.4 Å². The SMILES string of the molecule is C[C@@H]1NC(=O)O[C@@H]1c1cc(C(F)(F)F)nn1C. The standard InChI is InChI=1S/C9H10F3N3O2/c1-4-7(17-8(16)13-4)5-3-6(9(10,11)12)14-15(5)2/h3-4,7H,1-2H3,(H,13,16)/t4-,7-/m0/s1. The van der Waals surface area contributed by atoms with Crippen molar-refractivity contribution >= 4 is 6.09 Å². The van der Waals surface area contributed by atoms with Gasteiger partial charge in [0.05, 0.1) is 11.7 Å². The predicted octanol–water partition coefficient (Wildman–Crippen LogP) is 1.61. The van der Waals surface area contributed by atoms with Gasteiger partial charge < -0.3 is 10.1 Å². The van der Waals surface area contributed by atoms with Gasteiger partial charge in [0.25, 0.3) is 0 Å². The molecule has 2 heterocycles. The number of nitrogens with one attached hydrogen (secondary N) is 1. The molecular formula is C9H10F3N3O2. The fourth-order valence-corrected chi connectivity index (χ4v) is 1.72. The van der Waals surface area contributed by atoms with Crippen molar-refractivity contribution in [3.05, 3.63) is 17.5 Å². The van der Waals surface area contributed by atoms with Crippen molar-refractivity contribution in [1.82, 2.24) is 15.1 Å². The molecule has 2 rings (SSSR count). The Hall–Kier alpha value is -1.73. The fourth-order valence-electron chi connectivity index (χ4n) is 1.72. The number of amides is 1. The van der Waals surface area contributed by atoms with Crippen molar-refractivity contribution < 1.29 is 22.7 Å². The van der Waals surface area contributed by atoms with E-state index in [1.807, 2.05) is 0 Å². The third-order valence-electron chi connectivity index (χ3n) is 2.53. The minimum atomic E-state index is -4.50. The van der Waals surface area contributed by atoms with Gasteiger partial charge in [-0.3, -0.25) is 4.68 Å². The second-order valence-electron chi connectivity index (χ2n) is 3.83. The van der Waals surface area contributed by atoms with Gasteiger partial charge in [0, 0.05) is 7.05 Å². The van der Waals surface area contributed by atoms with Crippen molar-refractivity contribution in [2.45, 2.75) is 25.2 Å². The number of rotatable bonds is 1. The largest absolute Gasteiger partial charge is 0.438 e. The topological polar surface area (TPSA) is 56.1 Å². The van der Waals surface area contributed by atoms with Gasteiger partial charge in [0.15, 0.2) is 11.8 Å². The van der Waals surface area contributed by atoms with Crippen LogP contribution in [-0.2, 0) is 18.0 Å². The van der Waals surface area contributed by atoms with Crippen molar-refractivity contribution in [2.24, 2.45) is 7.05 Å². The Morgan fingerprint density at radius 3 is 2.59 bits per heavy atom. The summed E-state index contributed by atoms with van der Waals surface area (Å²) in [5.74, 6) is 0. The van der Waals surface area contributed by atoms with Gasteiger partial charge in [-0.2, -0.15) is 18.3 Å². The van der Waals surface area contributed by atoms with Gasteiger partial charge >= 0.3 is 12.3 Å². The lowest BCUT2D eigenvalue weighted by atomic mass is 10.1. The molecule has 0 aliphatic carbocycles. The average molecular weight is 249 g/mol. The number of nitrogens with zero attached hydrogens (tertiary/aromatic N) is 2. The van der Waals surface area contributed by atoms with E-state index in [-0.39, 0.29) is 11.7 Å². The zero-order valence-electron chi connectivity index (χ0n) is 9.08. The normalized spacial score (nSPS) is 24.6. The molecule has 1 aromatic rings. The van der Waals surface area contributed by atoms with Gasteiger partial charge in [-0.1, -0.05) is 0 Å². The average Bonchev–Trinajstić information content (AvgIpc) is 2.68. The van der Waals surface area contributed by atoms with Crippen LogP contribution < -0.4 is 5.32 Å². The number of carbonyl (C=O) groups is 1. The van der Waals surface area contributed by atoms with Crippen LogP contribution in [0.3, 0.4) is 0 Å². The Morgan fingerprint density at radius 2 is 2.18 bits per heavy atom. The molecule has 1 saturated heterocycles. The van der Waals surface area contributed by atoms with E-state index in [1.54, 1.807) is 6.92 Å². The molecule has 1 fully saturated rings. The molecule has 17 heavy (non-hydrogen) atoms. The summed E-state index contributed by atoms with van der Waals surface area (Å²) in [6.45, 7) is 1.65. The molecule has 8 heteroatoms. The highest BCUT2D eigenvalue weighted by Gasteiger charge is 2.39. The number of aromatic nitrogens is 2. The molecule has 0 spiro atoms. The predicted molar refractivity (Wildman–Crippen MR) is 50.0 cm³/mol. The number of alkyl halides is 3. The Kier molecular flexibility index (Phi) is 2.52. The van der Waals surface area contributed by atoms with E-state index in [0.717, 1.165) is 10.7 Å². The lowest BCUT2D eigenvalue weighted by Crippen LogP contribution is -2.24. The van der Waals surface area contributed by atoms with Gasteiger partial charge in [-0.15, -0.1) is 0 Å². The van der Waals surface area contributed by atoms with Crippen LogP contribution in [0, 0.1) is 0 Å². The third kappa shape index (κ3) is 2.06. The number of hydrogen-bond donors (Lipinski definition) is 1. The molecule has 1 amide bonds. The van der Waals surface area contributed by atoms with Crippen LogP contribution >= 0.6 is 0 Å². The summed E-state index contributed by atoms with van der Waals surface area (Å²) in [5, 5.41) is 5.82. The van der Waals surface area contributed by atoms with Crippen molar-refractivity contribution in [3.63, 3.8) is 0 Å². The maximum absolute atomic E-state index is 12.4. The van der Waals surface area contributed by atoms with Crippen LogP contribution in [-0.4, -0.2) is 21.9 Å². The molecule has 0 aromatic carbocycles. The number of carbonyl (C=O) groups excluding carboxylic acids is 1. The zero-order valence-corrected chi connectivity index (χ0v) is 9.08. The Morgan fingerprint density at radius 1 is 1.53 bits per heavy atom. The smallest absolute Gasteiger partial charge is 0.435 e. The lowest BCUT2D eigenvalue weighted by molar-refractivity contribution is -0.141. The molecule has 94 valence electrons. The van der Waals surface area contributed by atoms with Gasteiger partial charge in [-0.05, 0) is 13.0 Å². The molecule has 5 nitrogen and oxygen atoms in total. The first-order valence-corrected chi connectivity index (χ1v) is 4.87. The second-order valence-corrected chi connectivity index (χ2v) is 3.83. The minimum absolute atomic E-state index is 0.211. The minimum Gasteiger partial charge on any atom is -0.438 e. The van der Waals surface area contributed by atoms with Crippen LogP contribution in [0.1, 0.15) is 24.4 Å². The second kappa shape index (κ2) is 3.64. The van der Waals surface area contributed by atoms with Gasteiger partial charge in [-0.25, -0.2) is 4.79 Å². The molecular weight excluding hydrogens is 239 g/mol. The highest BCUT2D eigenvalue weighted by atomic mass is 19.4. The molecule has 0 saturated carbocycles. The van der Waals surface area contributed by atoms with Crippen LogP contribution in [0.25, 0.3) is 0 Å². The Bertz CT molecular complexity index is 455. The molecule has 1 aliphatic heterocycles. The Labute approximate surface area is 94.5 Å². The maximum Gasteiger partial charge on any atom is 0.435 e. The van der Waals surface area contributed by atoms with Crippen LogP contribution in [0.2, 0.25) is 0 Å². The molecule has 1 aliphatic rings. The first-order chi connectivity index (χ1) is 7.79. The number of alkyl carbamates (subject to hydrolysis) is 1. The first-order valence-electron chi connectivity index (χ1n) is 4.87. The number of ether oxygens (including phenoxy) is 1. The molecule has 2 atom stereocenters. The summed E-state index contributed by atoms with van der Waals surface area (Å²) >= 11 is 0. The maximum atomic E-state index is 12.4. The van der Waals surface area contributed by atoms with Crippen molar-refractivity contribution in [1.29, 1.82) is 0 Å². The summed E-state index contributed by atoms with van der Waals surface area (Å²) in [5.41, 5.74) is -0.784. The summed E-state index contributed by atoms with van der Waals surface area (Å²) in [6.07, 6.45) is -5.90. The summed E-state index contributed by atoms with van der Waals surface area (Å²) in [7, 11) is 1.38. The van der Waals surface area contributed by atoms with E-state index in [1.165, 1.54) is 7.05 Å². The number of halogens is 3. The Balaban J connectivity index is 2.34. The fraction of sp³-hybridized carbons (Fsp3) is 0.556. The summed E-state index contributed by atoms with van der Waals surface area (Å²) < 4.78 is 43.3. The lowest BCUT2D eigenvalue weighted by Gasteiger charge is -2.12. The molecule has 0 unspecified atom stereocenters. The van der Waals surface area contributed by atoms with E-state index < -0.39 is 24.1 Å². The van der Waals surface area contributed by atoms with E-state index >= 15 is 0 Å². The van der Waals surface area contributed by atoms with Crippen molar-refractivity contribution in [3.8, 4) is 0 Å². The van der Waals surface area contributed by atoms with E-state index in [0.29, 0.717) is 0 Å². The first kappa shape index (κ1) is 11.7. The molecule has 1 N–H and O–H groups in total.